The fourth-order valence-electron chi connectivity index (χ4n) is 3.70. The first-order valence-electron chi connectivity index (χ1n) is 10.6. The third-order valence-corrected chi connectivity index (χ3v) is 5.36. The normalized spacial score (nSPS) is 17.0. The van der Waals surface area contributed by atoms with Crippen molar-refractivity contribution in [1.29, 1.82) is 0 Å². The number of rotatable bonds is 9. The summed E-state index contributed by atoms with van der Waals surface area (Å²) in [6, 6.07) is 9.02. The van der Waals surface area contributed by atoms with Crippen LogP contribution in [-0.2, 0) is 0 Å². The van der Waals surface area contributed by atoms with Crippen LogP contribution in [0.1, 0.15) is 44.7 Å². The van der Waals surface area contributed by atoms with Gasteiger partial charge in [-0.05, 0) is 64.5 Å². The lowest BCUT2D eigenvalue weighted by atomic mass is 10.0. The monoisotopic (exact) mass is 517 g/mol. The number of hydrogen-bond acceptors (Lipinski definition) is 4. The molecular weight excluding hydrogens is 477 g/mol. The molecule has 1 aromatic carbocycles. The maximum atomic E-state index is 5.28. The van der Waals surface area contributed by atoms with Gasteiger partial charge in [-0.25, -0.2) is 0 Å². The summed E-state index contributed by atoms with van der Waals surface area (Å²) in [5, 5.41) is 7.07. The van der Waals surface area contributed by atoms with Crippen LogP contribution in [0.25, 0.3) is 0 Å². The van der Waals surface area contributed by atoms with Crippen LogP contribution in [0, 0.1) is 0 Å². The molecule has 2 rings (SSSR count). The minimum atomic E-state index is 0. The van der Waals surface area contributed by atoms with Crippen LogP contribution in [0.4, 0.5) is 0 Å². The standard InChI is InChI=1S/C22H39N5O.HI/c1-6-14-27-15-12-19(13-16-27)25-22(23-7-2)24-17-21(26(3)4)18-8-10-20(28-5)11-9-18;/h8-11,19,21H,6-7,12-17H2,1-5H3,(H2,23,24,25);1H. The summed E-state index contributed by atoms with van der Waals surface area (Å²) in [6.45, 7) is 9.53. The van der Waals surface area contributed by atoms with E-state index in [9.17, 15) is 0 Å². The van der Waals surface area contributed by atoms with Gasteiger partial charge in [-0.2, -0.15) is 0 Å². The van der Waals surface area contributed by atoms with Gasteiger partial charge in [-0.15, -0.1) is 24.0 Å². The Hall–Kier alpha value is -1.06. The van der Waals surface area contributed by atoms with E-state index >= 15 is 0 Å². The van der Waals surface area contributed by atoms with Gasteiger partial charge in [-0.1, -0.05) is 19.1 Å². The molecule has 1 aliphatic heterocycles. The number of methoxy groups -OCH3 is 1. The lowest BCUT2D eigenvalue weighted by Crippen LogP contribution is -2.49. The van der Waals surface area contributed by atoms with Crippen LogP contribution >= 0.6 is 24.0 Å². The number of likely N-dealkylation sites (tertiary alicyclic amines) is 1. The second-order valence-electron chi connectivity index (χ2n) is 7.73. The van der Waals surface area contributed by atoms with Crippen molar-refractivity contribution in [2.24, 2.45) is 4.99 Å². The van der Waals surface area contributed by atoms with Gasteiger partial charge in [0.05, 0.1) is 19.7 Å². The highest BCUT2D eigenvalue weighted by Gasteiger charge is 2.20. The summed E-state index contributed by atoms with van der Waals surface area (Å²) < 4.78 is 5.28. The van der Waals surface area contributed by atoms with Gasteiger partial charge in [0.2, 0.25) is 0 Å². The number of ether oxygens (including phenoxy) is 1. The fraction of sp³-hybridized carbons (Fsp3) is 0.682. The van der Waals surface area contributed by atoms with Crippen molar-refractivity contribution in [1.82, 2.24) is 20.4 Å². The molecule has 1 heterocycles. The third kappa shape index (κ3) is 8.68. The molecule has 0 amide bonds. The molecule has 1 aliphatic rings. The van der Waals surface area contributed by atoms with Crippen molar-refractivity contribution in [3.8, 4) is 5.75 Å². The molecule has 0 bridgehead atoms. The number of nitrogens with one attached hydrogen (secondary N) is 2. The lowest BCUT2D eigenvalue weighted by molar-refractivity contribution is 0.206. The smallest absolute Gasteiger partial charge is 0.191 e. The zero-order valence-corrected chi connectivity index (χ0v) is 21.1. The predicted molar refractivity (Wildman–Crippen MR) is 134 cm³/mol. The zero-order valence-electron chi connectivity index (χ0n) is 18.8. The molecule has 7 heteroatoms. The minimum Gasteiger partial charge on any atom is -0.497 e. The van der Waals surface area contributed by atoms with Crippen LogP contribution in [0.15, 0.2) is 29.3 Å². The van der Waals surface area contributed by atoms with E-state index < -0.39 is 0 Å². The van der Waals surface area contributed by atoms with Crippen LogP contribution in [-0.4, -0.2) is 75.7 Å². The quantitative estimate of drug-likeness (QED) is 0.299. The number of guanidine groups is 1. The summed E-state index contributed by atoms with van der Waals surface area (Å²) >= 11 is 0. The zero-order chi connectivity index (χ0) is 20.4. The summed E-state index contributed by atoms with van der Waals surface area (Å²) in [4.78, 5) is 9.70. The molecule has 1 fully saturated rings. The summed E-state index contributed by atoms with van der Waals surface area (Å²) in [5.41, 5.74) is 1.25. The van der Waals surface area contributed by atoms with Crippen molar-refractivity contribution in [2.75, 3.05) is 53.9 Å². The number of nitrogens with zero attached hydrogens (tertiary/aromatic N) is 3. The molecule has 0 radical (unpaired) electrons. The Balaban J connectivity index is 0.00000420. The van der Waals surface area contributed by atoms with Crippen LogP contribution in [0.2, 0.25) is 0 Å². The second-order valence-corrected chi connectivity index (χ2v) is 7.73. The Bertz CT molecular complexity index is 585. The molecular formula is C22H40IN5O. The van der Waals surface area contributed by atoms with Gasteiger partial charge in [0.1, 0.15) is 5.75 Å². The van der Waals surface area contributed by atoms with Crippen molar-refractivity contribution in [2.45, 2.75) is 45.2 Å². The summed E-state index contributed by atoms with van der Waals surface area (Å²) in [5.74, 6) is 1.81. The SMILES string of the molecule is CCCN1CCC(NC(=NCC(c2ccc(OC)cc2)N(C)C)NCC)CC1.I. The summed E-state index contributed by atoms with van der Waals surface area (Å²) in [6.07, 6.45) is 3.60. The van der Waals surface area contributed by atoms with Gasteiger partial charge in [0.15, 0.2) is 5.96 Å². The topological polar surface area (TPSA) is 52.1 Å². The van der Waals surface area contributed by atoms with Gasteiger partial charge in [0.25, 0.3) is 0 Å². The Morgan fingerprint density at radius 2 is 1.86 bits per heavy atom. The molecule has 1 unspecified atom stereocenters. The lowest BCUT2D eigenvalue weighted by Gasteiger charge is -2.33. The molecule has 0 aliphatic carbocycles. The first-order chi connectivity index (χ1) is 13.6. The maximum Gasteiger partial charge on any atom is 0.191 e. The molecule has 1 aromatic rings. The van der Waals surface area contributed by atoms with Crippen molar-refractivity contribution < 1.29 is 4.74 Å². The van der Waals surface area contributed by atoms with E-state index in [4.69, 9.17) is 9.73 Å². The van der Waals surface area contributed by atoms with Crippen LogP contribution < -0.4 is 15.4 Å². The van der Waals surface area contributed by atoms with Crippen molar-refractivity contribution in [3.63, 3.8) is 0 Å². The molecule has 0 spiro atoms. The number of aliphatic imine (C=N–C) groups is 1. The van der Waals surface area contributed by atoms with E-state index in [-0.39, 0.29) is 30.0 Å². The fourth-order valence-corrected chi connectivity index (χ4v) is 3.70. The second kappa shape index (κ2) is 14.0. The molecule has 0 saturated carbocycles. The van der Waals surface area contributed by atoms with Gasteiger partial charge in [-0.3, -0.25) is 4.99 Å². The highest BCUT2D eigenvalue weighted by atomic mass is 127. The third-order valence-electron chi connectivity index (χ3n) is 5.36. The van der Waals surface area contributed by atoms with E-state index in [1.54, 1.807) is 7.11 Å². The Labute approximate surface area is 194 Å². The summed E-state index contributed by atoms with van der Waals surface area (Å²) in [7, 11) is 5.91. The van der Waals surface area contributed by atoms with E-state index in [2.05, 4.69) is 60.5 Å². The number of halogens is 1. The van der Waals surface area contributed by atoms with E-state index in [0.717, 1.165) is 18.3 Å². The Morgan fingerprint density at radius 3 is 2.38 bits per heavy atom. The number of benzene rings is 1. The van der Waals surface area contributed by atoms with Crippen molar-refractivity contribution in [3.05, 3.63) is 29.8 Å². The predicted octanol–water partition coefficient (Wildman–Crippen LogP) is 3.35. The van der Waals surface area contributed by atoms with Crippen LogP contribution in [0.5, 0.6) is 5.75 Å². The molecule has 1 saturated heterocycles. The van der Waals surface area contributed by atoms with E-state index in [0.29, 0.717) is 12.6 Å². The highest BCUT2D eigenvalue weighted by Crippen LogP contribution is 2.21. The van der Waals surface area contributed by atoms with Gasteiger partial charge in [0, 0.05) is 25.7 Å². The minimum absolute atomic E-state index is 0. The van der Waals surface area contributed by atoms with Crippen molar-refractivity contribution >= 4 is 29.9 Å². The first kappa shape index (κ1) is 26.0. The highest BCUT2D eigenvalue weighted by molar-refractivity contribution is 14.0. The van der Waals surface area contributed by atoms with E-state index in [1.807, 2.05) is 12.1 Å². The number of piperidine rings is 1. The Morgan fingerprint density at radius 1 is 1.21 bits per heavy atom. The number of likely N-dealkylation sites (N-methyl/N-ethyl adjacent to an activating group) is 1. The first-order valence-corrected chi connectivity index (χ1v) is 10.6. The van der Waals surface area contributed by atoms with Gasteiger partial charge >= 0.3 is 0 Å². The average molecular weight is 518 g/mol. The Kier molecular flexibility index (Phi) is 12.6. The average Bonchev–Trinajstić information content (AvgIpc) is 2.70. The number of hydrogen-bond donors (Lipinski definition) is 2. The largest absolute Gasteiger partial charge is 0.497 e. The van der Waals surface area contributed by atoms with Gasteiger partial charge < -0.3 is 25.2 Å². The molecule has 1 atom stereocenters. The molecule has 0 aromatic heterocycles. The molecule has 166 valence electrons. The van der Waals surface area contributed by atoms with Crippen LogP contribution in [0.3, 0.4) is 0 Å². The maximum absolute atomic E-state index is 5.28. The van der Waals surface area contributed by atoms with E-state index in [1.165, 1.54) is 44.5 Å². The molecule has 29 heavy (non-hydrogen) atoms. The molecule has 6 nitrogen and oxygen atoms in total. The molecule has 2 N–H and O–H groups in total.